The van der Waals surface area contributed by atoms with Crippen LogP contribution in [0.5, 0.6) is 0 Å². The number of amides is 2. The van der Waals surface area contributed by atoms with Crippen LogP contribution in [0.1, 0.15) is 47.2 Å². The Bertz CT molecular complexity index is 1130. The van der Waals surface area contributed by atoms with Gasteiger partial charge in [0.05, 0.1) is 11.8 Å². The summed E-state index contributed by atoms with van der Waals surface area (Å²) in [7, 11) is 0. The molecule has 0 fully saturated rings. The van der Waals surface area contributed by atoms with Gasteiger partial charge in [0.1, 0.15) is 0 Å². The predicted molar refractivity (Wildman–Crippen MR) is 128 cm³/mol. The Hall–Kier alpha value is -2.84. The van der Waals surface area contributed by atoms with Gasteiger partial charge in [-0.05, 0) is 57.0 Å². The van der Waals surface area contributed by atoms with E-state index in [4.69, 9.17) is 11.6 Å². The monoisotopic (exact) mass is 471 g/mol. The molecule has 1 aromatic heterocycles. The molecule has 1 heterocycles. The van der Waals surface area contributed by atoms with Crippen molar-refractivity contribution in [2.45, 2.75) is 45.4 Å². The first-order chi connectivity index (χ1) is 15.3. The molecule has 1 atom stereocenters. The Labute approximate surface area is 197 Å². The van der Waals surface area contributed by atoms with E-state index in [0.717, 1.165) is 11.1 Å². The molecule has 2 amide bonds. The number of rotatable bonds is 8. The van der Waals surface area contributed by atoms with Gasteiger partial charge in [-0.25, -0.2) is 0 Å². The van der Waals surface area contributed by atoms with Gasteiger partial charge in [-0.15, -0.1) is 10.2 Å². The van der Waals surface area contributed by atoms with Crippen molar-refractivity contribution in [3.63, 3.8) is 0 Å². The number of nitrogens with zero attached hydrogens (tertiary/aromatic N) is 3. The average molecular weight is 472 g/mol. The minimum absolute atomic E-state index is 0.161. The molecule has 0 saturated heterocycles. The van der Waals surface area contributed by atoms with E-state index in [2.05, 4.69) is 20.8 Å². The number of anilines is 1. The van der Waals surface area contributed by atoms with Crippen molar-refractivity contribution >= 4 is 40.9 Å². The van der Waals surface area contributed by atoms with Crippen LogP contribution < -0.4 is 10.6 Å². The second kappa shape index (κ2) is 10.7. The zero-order chi connectivity index (χ0) is 23.3. The van der Waals surface area contributed by atoms with E-state index in [1.807, 2.05) is 62.6 Å². The molecule has 3 aromatic rings. The van der Waals surface area contributed by atoms with E-state index >= 15 is 0 Å². The summed E-state index contributed by atoms with van der Waals surface area (Å²) in [4.78, 5) is 25.0. The molecule has 2 aromatic carbocycles. The highest BCUT2D eigenvalue weighted by molar-refractivity contribution is 7.99. The lowest BCUT2D eigenvalue weighted by Gasteiger charge is -2.16. The molecule has 0 bridgehead atoms. The highest BCUT2D eigenvalue weighted by Crippen LogP contribution is 2.23. The van der Waals surface area contributed by atoms with Gasteiger partial charge in [0.2, 0.25) is 5.91 Å². The third-order valence-corrected chi connectivity index (χ3v) is 6.35. The molecule has 0 spiro atoms. The molecule has 9 heteroatoms. The molecule has 0 saturated carbocycles. The van der Waals surface area contributed by atoms with Crippen LogP contribution in [-0.4, -0.2) is 32.3 Å². The summed E-state index contributed by atoms with van der Waals surface area (Å²) in [6.07, 6.45) is 0. The number of thioether (sulfide) groups is 1. The van der Waals surface area contributed by atoms with Gasteiger partial charge in [-0.2, -0.15) is 0 Å². The van der Waals surface area contributed by atoms with E-state index in [9.17, 15) is 9.59 Å². The number of benzene rings is 2. The number of hydrogen-bond donors (Lipinski definition) is 2. The van der Waals surface area contributed by atoms with Gasteiger partial charge >= 0.3 is 0 Å². The molecule has 168 valence electrons. The highest BCUT2D eigenvalue weighted by atomic mass is 35.5. The molecule has 2 N–H and O–H groups in total. The minimum Gasteiger partial charge on any atom is -0.342 e. The minimum atomic E-state index is -0.340. The lowest BCUT2D eigenvalue weighted by atomic mass is 10.1. The first-order valence-electron chi connectivity index (χ1n) is 10.3. The third-order valence-electron chi connectivity index (χ3n) is 4.97. The molecule has 0 aliphatic carbocycles. The van der Waals surface area contributed by atoms with Crippen LogP contribution in [0.25, 0.3) is 0 Å². The smallest absolute Gasteiger partial charge is 0.252 e. The number of halogens is 1. The maximum Gasteiger partial charge on any atom is 0.252 e. The molecule has 0 unspecified atom stereocenters. The van der Waals surface area contributed by atoms with Crippen LogP contribution >= 0.6 is 23.4 Å². The molecule has 7 nitrogen and oxygen atoms in total. The quantitative estimate of drug-likeness (QED) is 0.461. The Kier molecular flexibility index (Phi) is 7.93. The SMILES string of the molecule is CCn1c(SCC(=O)Nc2ccc(C)c(Cl)c2)nnc1[C@H](C)NC(=O)c1ccccc1C. The van der Waals surface area contributed by atoms with Crippen molar-refractivity contribution < 1.29 is 9.59 Å². The summed E-state index contributed by atoms with van der Waals surface area (Å²) in [5.74, 6) is 0.491. The van der Waals surface area contributed by atoms with Crippen LogP contribution in [-0.2, 0) is 11.3 Å². The second-order valence-electron chi connectivity index (χ2n) is 7.40. The van der Waals surface area contributed by atoms with E-state index in [-0.39, 0.29) is 23.6 Å². The van der Waals surface area contributed by atoms with Crippen LogP contribution in [0.15, 0.2) is 47.6 Å². The highest BCUT2D eigenvalue weighted by Gasteiger charge is 2.20. The topological polar surface area (TPSA) is 88.9 Å². The molecule has 32 heavy (non-hydrogen) atoms. The van der Waals surface area contributed by atoms with E-state index in [0.29, 0.717) is 33.8 Å². The van der Waals surface area contributed by atoms with Crippen molar-refractivity contribution in [3.8, 4) is 0 Å². The van der Waals surface area contributed by atoms with Crippen LogP contribution in [0.3, 0.4) is 0 Å². The lowest BCUT2D eigenvalue weighted by Crippen LogP contribution is -2.29. The standard InChI is InChI=1S/C23H26ClN5O2S/c1-5-29-21(16(4)25-22(31)18-9-7-6-8-14(18)2)27-28-23(29)32-13-20(30)26-17-11-10-15(3)19(24)12-17/h6-12,16H,5,13H2,1-4H3,(H,25,31)(H,26,30)/t16-/m0/s1. The normalized spacial score (nSPS) is 11.8. The summed E-state index contributed by atoms with van der Waals surface area (Å²) < 4.78 is 1.91. The molecule has 0 radical (unpaired) electrons. The van der Waals surface area contributed by atoms with Gasteiger partial charge in [-0.1, -0.05) is 47.6 Å². The van der Waals surface area contributed by atoms with E-state index in [1.54, 1.807) is 12.1 Å². The molecule has 0 aliphatic rings. The van der Waals surface area contributed by atoms with Gasteiger partial charge in [-0.3, -0.25) is 9.59 Å². The summed E-state index contributed by atoms with van der Waals surface area (Å²) in [5.41, 5.74) is 3.14. The second-order valence-corrected chi connectivity index (χ2v) is 8.75. The Morgan fingerprint density at radius 2 is 1.88 bits per heavy atom. The fourth-order valence-electron chi connectivity index (χ4n) is 3.19. The van der Waals surface area contributed by atoms with Crippen molar-refractivity contribution in [2.24, 2.45) is 0 Å². The lowest BCUT2D eigenvalue weighted by molar-refractivity contribution is -0.113. The van der Waals surface area contributed by atoms with Crippen molar-refractivity contribution in [3.05, 3.63) is 70.0 Å². The molecular formula is C23H26ClN5O2S. The summed E-state index contributed by atoms with van der Waals surface area (Å²) in [5, 5.41) is 15.6. The zero-order valence-electron chi connectivity index (χ0n) is 18.5. The van der Waals surface area contributed by atoms with Gasteiger partial charge in [0.15, 0.2) is 11.0 Å². The summed E-state index contributed by atoms with van der Waals surface area (Å²) in [6, 6.07) is 12.5. The Morgan fingerprint density at radius 3 is 2.56 bits per heavy atom. The number of hydrogen-bond acceptors (Lipinski definition) is 5. The van der Waals surface area contributed by atoms with Crippen LogP contribution in [0, 0.1) is 13.8 Å². The zero-order valence-corrected chi connectivity index (χ0v) is 20.0. The van der Waals surface area contributed by atoms with Crippen molar-refractivity contribution in [1.29, 1.82) is 0 Å². The summed E-state index contributed by atoms with van der Waals surface area (Å²) in [6.45, 7) is 8.27. The van der Waals surface area contributed by atoms with Crippen LogP contribution in [0.4, 0.5) is 5.69 Å². The molecule has 0 aliphatic heterocycles. The van der Waals surface area contributed by atoms with Crippen LogP contribution in [0.2, 0.25) is 5.02 Å². The fourth-order valence-corrected chi connectivity index (χ4v) is 4.18. The first-order valence-corrected chi connectivity index (χ1v) is 11.6. The Morgan fingerprint density at radius 1 is 1.12 bits per heavy atom. The third kappa shape index (κ3) is 5.69. The number of aromatic nitrogens is 3. The van der Waals surface area contributed by atoms with E-state index < -0.39 is 0 Å². The van der Waals surface area contributed by atoms with Crippen molar-refractivity contribution in [1.82, 2.24) is 20.1 Å². The largest absolute Gasteiger partial charge is 0.342 e. The number of aryl methyl sites for hydroxylation is 2. The van der Waals surface area contributed by atoms with Gasteiger partial charge < -0.3 is 15.2 Å². The predicted octanol–water partition coefficient (Wildman–Crippen LogP) is 4.79. The summed E-state index contributed by atoms with van der Waals surface area (Å²) >= 11 is 7.41. The van der Waals surface area contributed by atoms with Gasteiger partial charge in [0.25, 0.3) is 5.91 Å². The maximum atomic E-state index is 12.7. The average Bonchev–Trinajstić information content (AvgIpc) is 3.18. The Balaban J connectivity index is 1.63. The molecule has 3 rings (SSSR count). The number of nitrogens with one attached hydrogen (secondary N) is 2. The van der Waals surface area contributed by atoms with Gasteiger partial charge in [0, 0.05) is 22.8 Å². The first kappa shape index (κ1) is 23.8. The van der Waals surface area contributed by atoms with E-state index in [1.165, 1.54) is 11.8 Å². The number of carbonyl (C=O) groups excluding carboxylic acids is 2. The maximum absolute atomic E-state index is 12.7. The fraction of sp³-hybridized carbons (Fsp3) is 0.304. The number of carbonyl (C=O) groups is 2. The van der Waals surface area contributed by atoms with Crippen molar-refractivity contribution in [2.75, 3.05) is 11.1 Å². The molecular weight excluding hydrogens is 446 g/mol.